The molecule has 0 radical (unpaired) electrons. The van der Waals surface area contributed by atoms with E-state index in [0.717, 1.165) is 22.3 Å². The van der Waals surface area contributed by atoms with E-state index in [1.807, 2.05) is 38.1 Å². The predicted octanol–water partition coefficient (Wildman–Crippen LogP) is 6.95. The Hall–Kier alpha value is -4.70. The highest BCUT2D eigenvalue weighted by Gasteiger charge is 2.51. The molecule has 2 aliphatic carbocycles. The average Bonchev–Trinajstić information content (AvgIpc) is 3.11. The van der Waals surface area contributed by atoms with Gasteiger partial charge in [0.2, 0.25) is 0 Å². The lowest BCUT2D eigenvalue weighted by molar-refractivity contribution is 0.434. The molecule has 4 aromatic rings. The van der Waals surface area contributed by atoms with Crippen molar-refractivity contribution in [3.8, 4) is 11.1 Å². The average molecular weight is 741 g/mol. The van der Waals surface area contributed by atoms with Gasteiger partial charge in [0.25, 0.3) is 20.2 Å². The lowest BCUT2D eigenvalue weighted by Crippen LogP contribution is -2.54. The number of nitrogens with one attached hydrogen (secondary N) is 2. The van der Waals surface area contributed by atoms with Gasteiger partial charge in [-0.1, -0.05) is 112 Å². The number of nitrogens with two attached hydrogens (primary N) is 2. The molecular weight excluding hydrogens is 701 g/mol. The molecule has 270 valence electrons. The van der Waals surface area contributed by atoms with E-state index in [0.29, 0.717) is 59.1 Å². The number of hydrogen-bond donors (Lipinski definition) is 6. The SMILES string of the molecule is CCCc1cc(-c2ccc(C3(N)c4ccccc4C(N=N)=CC3S(=O)(=O)O)c(CCC)c2)ccc1C1(N)c2ccccc2C(N=N)=CC1S(=O)(=O)O. The van der Waals surface area contributed by atoms with Gasteiger partial charge in [-0.25, -0.2) is 11.1 Å². The molecule has 8 N–H and O–H groups in total. The Labute approximate surface area is 303 Å². The third-order valence-corrected chi connectivity index (χ3v) is 12.5. The Morgan fingerprint density at radius 2 is 0.981 bits per heavy atom. The van der Waals surface area contributed by atoms with Crippen molar-refractivity contribution in [1.82, 2.24) is 0 Å². The van der Waals surface area contributed by atoms with E-state index in [1.54, 1.807) is 60.7 Å². The third kappa shape index (κ3) is 6.04. The first-order valence-corrected chi connectivity index (χ1v) is 19.8. The van der Waals surface area contributed by atoms with Crippen molar-refractivity contribution < 1.29 is 25.9 Å². The van der Waals surface area contributed by atoms with Crippen molar-refractivity contribution in [2.24, 2.45) is 21.7 Å². The Bertz CT molecular complexity index is 2230. The molecule has 6 rings (SSSR count). The minimum atomic E-state index is -4.77. The largest absolute Gasteiger partial charge is 0.316 e. The highest BCUT2D eigenvalue weighted by Crippen LogP contribution is 2.47. The Kier molecular flexibility index (Phi) is 9.76. The molecule has 0 spiro atoms. The normalized spacial score (nSPS) is 22.8. The van der Waals surface area contributed by atoms with Crippen LogP contribution in [0.3, 0.4) is 0 Å². The topological polar surface area (TPSA) is 233 Å². The molecule has 0 bridgehead atoms. The maximum absolute atomic E-state index is 12.9. The lowest BCUT2D eigenvalue weighted by Gasteiger charge is -2.41. The van der Waals surface area contributed by atoms with Gasteiger partial charge in [-0.3, -0.25) is 9.11 Å². The number of aryl methyl sites for hydroxylation is 2. The second-order valence-corrected chi connectivity index (χ2v) is 16.3. The fourth-order valence-electron chi connectivity index (χ4n) is 7.91. The van der Waals surface area contributed by atoms with Crippen molar-refractivity contribution in [2.75, 3.05) is 0 Å². The van der Waals surface area contributed by atoms with Gasteiger partial charge in [-0.2, -0.15) is 27.1 Å². The predicted molar refractivity (Wildman–Crippen MR) is 200 cm³/mol. The summed E-state index contributed by atoms with van der Waals surface area (Å²) in [6.45, 7) is 3.98. The van der Waals surface area contributed by atoms with Crippen molar-refractivity contribution >= 4 is 31.6 Å². The third-order valence-electron chi connectivity index (χ3n) is 10.2. The van der Waals surface area contributed by atoms with E-state index >= 15 is 0 Å². The van der Waals surface area contributed by atoms with Crippen molar-refractivity contribution in [2.45, 2.75) is 61.1 Å². The van der Waals surface area contributed by atoms with Gasteiger partial charge in [0.05, 0.1) is 22.5 Å². The van der Waals surface area contributed by atoms with E-state index < -0.39 is 41.8 Å². The van der Waals surface area contributed by atoms with Gasteiger partial charge in [0.1, 0.15) is 10.5 Å². The van der Waals surface area contributed by atoms with Crippen LogP contribution >= 0.6 is 0 Å². The second kappa shape index (κ2) is 13.7. The van der Waals surface area contributed by atoms with Crippen LogP contribution in [-0.4, -0.2) is 36.4 Å². The summed E-state index contributed by atoms with van der Waals surface area (Å²) in [5.74, 6) is 0. The highest BCUT2D eigenvalue weighted by molar-refractivity contribution is 7.87. The smallest absolute Gasteiger partial charge is 0.274 e. The molecule has 12 nitrogen and oxygen atoms in total. The van der Waals surface area contributed by atoms with Crippen molar-refractivity contribution in [3.05, 3.63) is 142 Å². The molecule has 14 heteroatoms. The van der Waals surface area contributed by atoms with Gasteiger partial charge in [-0.05, 0) is 69.5 Å². The van der Waals surface area contributed by atoms with Crippen LogP contribution in [0.25, 0.3) is 22.5 Å². The Balaban J connectivity index is 1.54. The fourth-order valence-corrected chi connectivity index (χ4v) is 9.96. The molecule has 0 saturated heterocycles. The number of fused-ring (bicyclic) bond motifs is 2. The summed E-state index contributed by atoms with van der Waals surface area (Å²) in [6.07, 6.45) is 4.89. The van der Waals surface area contributed by atoms with Crippen LogP contribution in [-0.2, 0) is 44.2 Å². The zero-order chi connectivity index (χ0) is 37.6. The molecule has 2 aliphatic rings. The molecule has 0 saturated carbocycles. The maximum atomic E-state index is 12.9. The monoisotopic (exact) mass is 740 g/mol. The summed E-state index contributed by atoms with van der Waals surface area (Å²) in [5.41, 5.74) is 32.3. The van der Waals surface area contributed by atoms with Gasteiger partial charge in [-0.15, -0.1) is 0 Å². The van der Waals surface area contributed by atoms with Crippen LogP contribution in [0, 0.1) is 11.1 Å². The van der Waals surface area contributed by atoms with Gasteiger partial charge < -0.3 is 11.5 Å². The molecule has 0 fully saturated rings. The van der Waals surface area contributed by atoms with Crippen molar-refractivity contribution in [1.29, 1.82) is 11.1 Å². The first-order valence-electron chi connectivity index (χ1n) is 16.8. The molecule has 4 unspecified atom stereocenters. The lowest BCUT2D eigenvalue weighted by atomic mass is 9.71. The van der Waals surface area contributed by atoms with E-state index in [4.69, 9.17) is 22.5 Å². The number of hydrogen-bond acceptors (Lipinski definition) is 10. The number of nitrogens with zero attached hydrogens (tertiary/aromatic N) is 2. The maximum Gasteiger partial charge on any atom is 0.274 e. The van der Waals surface area contributed by atoms with Crippen LogP contribution in [0.15, 0.2) is 107 Å². The van der Waals surface area contributed by atoms with Gasteiger partial charge in [0, 0.05) is 11.1 Å². The summed E-state index contributed by atoms with van der Waals surface area (Å²) in [4.78, 5) is 0. The molecule has 0 aliphatic heterocycles. The van der Waals surface area contributed by atoms with E-state index in [1.165, 1.54) is 12.2 Å². The highest BCUT2D eigenvalue weighted by atomic mass is 32.2. The molecule has 0 aromatic heterocycles. The van der Waals surface area contributed by atoms with Crippen LogP contribution in [0.4, 0.5) is 0 Å². The summed E-state index contributed by atoms with van der Waals surface area (Å²) < 4.78 is 72.7. The molecule has 0 amide bonds. The zero-order valence-electron chi connectivity index (χ0n) is 28.6. The summed E-state index contributed by atoms with van der Waals surface area (Å²) >= 11 is 0. The minimum Gasteiger partial charge on any atom is -0.316 e. The summed E-state index contributed by atoms with van der Waals surface area (Å²) in [6, 6.07) is 24.8. The molecule has 4 atom stereocenters. The Morgan fingerprint density at radius 3 is 1.31 bits per heavy atom. The molecule has 4 aromatic carbocycles. The quantitative estimate of drug-likeness (QED) is 0.0694. The molecular formula is C38H40N6O6S2. The summed E-state index contributed by atoms with van der Waals surface area (Å²) in [5, 5.41) is 3.84. The van der Waals surface area contributed by atoms with E-state index in [-0.39, 0.29) is 11.4 Å². The standard InChI is InChI=1S/C38H40N6O6S2/c1-3-9-25-19-23(15-17-29(25)37(39)31-13-7-5-11-27(31)33(43-41)21-35(37)51(45,46)47)24-16-18-30(26(20-24)10-4-2)38(40)32-14-8-6-12-28(32)34(44-42)22-36(38)52(48,49)50/h5-8,11-22,35-36,41-42H,3-4,9-10,39-40H2,1-2H3,(H,45,46,47)(H,48,49,50). The van der Waals surface area contributed by atoms with Crippen LogP contribution in [0.2, 0.25) is 0 Å². The summed E-state index contributed by atoms with van der Waals surface area (Å²) in [7, 11) is -9.55. The van der Waals surface area contributed by atoms with Crippen LogP contribution in [0.1, 0.15) is 71.2 Å². The molecule has 52 heavy (non-hydrogen) atoms. The van der Waals surface area contributed by atoms with Crippen molar-refractivity contribution in [3.63, 3.8) is 0 Å². The minimum absolute atomic E-state index is 0.0896. The first-order chi connectivity index (χ1) is 24.6. The van der Waals surface area contributed by atoms with Crippen LogP contribution < -0.4 is 11.5 Å². The van der Waals surface area contributed by atoms with Crippen LogP contribution in [0.5, 0.6) is 0 Å². The molecule has 0 heterocycles. The van der Waals surface area contributed by atoms with E-state index in [2.05, 4.69) is 10.2 Å². The fraction of sp³-hybridized carbons (Fsp3) is 0.263. The second-order valence-electron chi connectivity index (χ2n) is 13.3. The number of benzene rings is 4. The zero-order valence-corrected chi connectivity index (χ0v) is 30.2. The van der Waals surface area contributed by atoms with Gasteiger partial charge in [0.15, 0.2) is 0 Å². The first kappa shape index (κ1) is 37.1. The number of rotatable bonds is 11. The van der Waals surface area contributed by atoms with Gasteiger partial charge >= 0.3 is 0 Å². The Morgan fingerprint density at radius 1 is 0.615 bits per heavy atom. The van der Waals surface area contributed by atoms with E-state index in [9.17, 15) is 25.9 Å².